The first kappa shape index (κ1) is 40.2. The summed E-state index contributed by atoms with van der Waals surface area (Å²) in [6.45, 7) is 4.64. The van der Waals surface area contributed by atoms with Gasteiger partial charge in [-0.15, -0.1) is 0 Å². The molecule has 13 nitrogen and oxygen atoms in total. The molecular formula is C39H67N4O9+. The number of aliphatic hydroxyl groups excluding tert-OH is 4. The van der Waals surface area contributed by atoms with E-state index in [0.717, 1.165) is 77.3 Å². The zero-order valence-corrected chi connectivity index (χ0v) is 31.3. The lowest BCUT2D eigenvalue weighted by Crippen LogP contribution is -2.95. The Hall–Kier alpha value is -1.52. The maximum absolute atomic E-state index is 14.0. The van der Waals surface area contributed by atoms with E-state index < -0.39 is 60.5 Å². The third-order valence-corrected chi connectivity index (χ3v) is 14.0. The fourth-order valence-electron chi connectivity index (χ4n) is 11.0. The summed E-state index contributed by atoms with van der Waals surface area (Å²) in [6.07, 6.45) is 7.14. The molecular weight excluding hydrogens is 668 g/mol. The van der Waals surface area contributed by atoms with Crippen LogP contribution in [0.15, 0.2) is 11.6 Å². The highest BCUT2D eigenvalue weighted by molar-refractivity contribution is 5.88. The quantitative estimate of drug-likeness (QED) is 0.105. The Kier molecular flexibility index (Phi) is 13.5. The topological polar surface area (TPSA) is 223 Å². The van der Waals surface area contributed by atoms with E-state index >= 15 is 0 Å². The molecule has 4 heterocycles. The second-order valence-corrected chi connectivity index (χ2v) is 17.4. The molecule has 6 fully saturated rings. The number of nitrogens with one attached hydrogen (secondary N) is 1. The maximum atomic E-state index is 14.0. The number of aliphatic hydroxyl groups is 4. The molecule has 296 valence electrons. The van der Waals surface area contributed by atoms with Crippen LogP contribution in [0.4, 0.5) is 0 Å². The fourth-order valence-corrected chi connectivity index (χ4v) is 11.0. The number of carbonyl (C=O) groups is 2. The molecule has 16 atom stereocenters. The average molecular weight is 736 g/mol. The number of piperidine rings is 2. The normalized spacial score (nSPS) is 45.1. The molecule has 4 saturated heterocycles. The van der Waals surface area contributed by atoms with Crippen molar-refractivity contribution >= 4 is 11.8 Å². The van der Waals surface area contributed by atoms with Crippen LogP contribution in [-0.2, 0) is 23.8 Å². The number of carbonyl (C=O) groups excluding carboxylic acids is 2. The monoisotopic (exact) mass is 735 g/mol. The molecule has 0 bridgehead atoms. The number of quaternary nitrogens is 1. The molecule has 13 heteroatoms. The highest BCUT2D eigenvalue weighted by Crippen LogP contribution is 2.55. The first-order valence-corrected chi connectivity index (χ1v) is 20.3. The predicted octanol–water partition coefficient (Wildman–Crippen LogP) is 0.207. The number of allylic oxidation sites excluding steroid dienone is 1. The van der Waals surface area contributed by atoms with Crippen LogP contribution < -0.4 is 22.1 Å². The Bertz CT molecular complexity index is 1250. The second kappa shape index (κ2) is 17.5. The standard InChI is InChI=1S/C39H66N4O9/c1-3-23(19-44)38(49)51-30-17-28-35(48)34-29(47)16-26(20-45)50-37(34)33(36(28)52-39(30,2)11-9-21-7-8-31(40)43-18-21)27(24-10-12-42-32(41)15-24)14-22-5-4-6-25(46)13-22/h3,21-22,24-28,30-37,42-46,48H,4-20,40-41H2,1-2H3/p+1/t21?,22?,24?,25?,26?,27-,28?,30+,31?,32?,33?,34?,35?,36?,37?,39+/m1/s1. The highest BCUT2D eigenvalue weighted by Gasteiger charge is 2.63. The molecule has 0 spiro atoms. The Morgan fingerprint density at radius 2 is 1.90 bits per heavy atom. The van der Waals surface area contributed by atoms with Crippen LogP contribution in [-0.4, -0.2) is 113 Å². The van der Waals surface area contributed by atoms with E-state index in [9.17, 15) is 30.0 Å². The van der Waals surface area contributed by atoms with Gasteiger partial charge < -0.3 is 51.0 Å². The molecule has 4 aliphatic heterocycles. The van der Waals surface area contributed by atoms with Crippen molar-refractivity contribution < 1.29 is 49.5 Å². The van der Waals surface area contributed by atoms with E-state index in [1.54, 1.807) is 13.0 Å². The van der Waals surface area contributed by atoms with E-state index in [4.69, 9.17) is 25.7 Å². The van der Waals surface area contributed by atoms with Gasteiger partial charge in [0.1, 0.15) is 23.7 Å². The van der Waals surface area contributed by atoms with Crippen molar-refractivity contribution in [3.8, 4) is 0 Å². The highest BCUT2D eigenvalue weighted by atomic mass is 16.6. The number of ketones is 1. The molecule has 13 unspecified atom stereocenters. The van der Waals surface area contributed by atoms with Crippen LogP contribution in [0.1, 0.15) is 97.3 Å². The van der Waals surface area contributed by atoms with Crippen molar-refractivity contribution in [1.29, 1.82) is 0 Å². The smallest absolute Gasteiger partial charge is 0.336 e. The molecule has 0 aromatic rings. The summed E-state index contributed by atoms with van der Waals surface area (Å²) in [4.78, 5) is 27.4. The molecule has 52 heavy (non-hydrogen) atoms. The van der Waals surface area contributed by atoms with Crippen LogP contribution in [0, 0.1) is 41.4 Å². The molecule has 6 aliphatic rings. The first-order valence-electron chi connectivity index (χ1n) is 20.3. The van der Waals surface area contributed by atoms with Crippen molar-refractivity contribution in [2.75, 3.05) is 26.3 Å². The molecule has 6 rings (SSSR count). The van der Waals surface area contributed by atoms with Gasteiger partial charge in [0.05, 0.1) is 67.9 Å². The molecule has 0 amide bonds. The van der Waals surface area contributed by atoms with E-state index in [1.807, 2.05) is 6.92 Å². The summed E-state index contributed by atoms with van der Waals surface area (Å²) in [5.41, 5.74) is 12.0. The zero-order valence-electron chi connectivity index (χ0n) is 31.3. The van der Waals surface area contributed by atoms with Gasteiger partial charge in [-0.1, -0.05) is 18.9 Å². The summed E-state index contributed by atoms with van der Waals surface area (Å²) in [7, 11) is 0. The van der Waals surface area contributed by atoms with Gasteiger partial charge in [-0.2, -0.15) is 0 Å². The number of fused-ring (bicyclic) bond motifs is 2. The van der Waals surface area contributed by atoms with Crippen LogP contribution >= 0.6 is 0 Å². The van der Waals surface area contributed by atoms with Crippen molar-refractivity contribution in [2.24, 2.45) is 52.9 Å². The van der Waals surface area contributed by atoms with E-state index in [-0.39, 0.29) is 66.5 Å². The number of hydrogen-bond donors (Lipinski definition) is 8. The lowest BCUT2D eigenvalue weighted by atomic mass is 9.56. The van der Waals surface area contributed by atoms with Crippen molar-refractivity contribution in [3.05, 3.63) is 11.6 Å². The minimum Gasteiger partial charge on any atom is -0.456 e. The predicted molar refractivity (Wildman–Crippen MR) is 192 cm³/mol. The number of rotatable bonds is 11. The van der Waals surface area contributed by atoms with Gasteiger partial charge in [-0.3, -0.25) is 10.5 Å². The third-order valence-electron chi connectivity index (χ3n) is 14.0. The van der Waals surface area contributed by atoms with E-state index in [1.165, 1.54) is 0 Å². The van der Waals surface area contributed by atoms with Gasteiger partial charge >= 0.3 is 5.97 Å². The second-order valence-electron chi connectivity index (χ2n) is 17.4. The summed E-state index contributed by atoms with van der Waals surface area (Å²) in [6, 6.07) is 0. The molecule has 0 radical (unpaired) electrons. The van der Waals surface area contributed by atoms with Crippen LogP contribution in [0.25, 0.3) is 0 Å². The average Bonchev–Trinajstić information content (AvgIpc) is 3.12. The maximum Gasteiger partial charge on any atom is 0.336 e. The molecule has 2 aliphatic carbocycles. The lowest BCUT2D eigenvalue weighted by molar-refractivity contribution is -0.703. The third kappa shape index (κ3) is 8.79. The van der Waals surface area contributed by atoms with Gasteiger partial charge in [-0.25, -0.2) is 4.79 Å². The van der Waals surface area contributed by atoms with Gasteiger partial charge in [0.2, 0.25) is 0 Å². The van der Waals surface area contributed by atoms with Gasteiger partial charge in [0.15, 0.2) is 0 Å². The Balaban J connectivity index is 1.39. The molecule has 0 aromatic heterocycles. The van der Waals surface area contributed by atoms with Gasteiger partial charge in [0.25, 0.3) is 0 Å². The number of ether oxygens (including phenoxy) is 3. The van der Waals surface area contributed by atoms with Gasteiger partial charge in [-0.05, 0) is 95.9 Å². The van der Waals surface area contributed by atoms with Crippen LogP contribution in [0.3, 0.4) is 0 Å². The fraction of sp³-hybridized carbons (Fsp3) is 0.897. The number of Topliss-reactive ketones (excluding diaryl/α,β-unsaturated/α-hetero) is 1. The van der Waals surface area contributed by atoms with Crippen molar-refractivity contribution in [2.45, 2.75) is 152 Å². The summed E-state index contributed by atoms with van der Waals surface area (Å²) in [5, 5.41) is 48.7. The zero-order chi connectivity index (χ0) is 37.2. The Morgan fingerprint density at radius 1 is 1.10 bits per heavy atom. The van der Waals surface area contributed by atoms with Crippen molar-refractivity contribution in [3.63, 3.8) is 0 Å². The SMILES string of the molecule is CC=C(CO)C(=O)O[C@H]1CC2C(O)C3C(=O)CC(CO)OC3C([C@H](CC3CCCC(O)C3)C3CCNC(N)C3)C2O[C@@]1(C)CCC1CCC(N)[NH2+]C1. The van der Waals surface area contributed by atoms with E-state index in [0.29, 0.717) is 18.8 Å². The van der Waals surface area contributed by atoms with E-state index in [2.05, 4.69) is 10.6 Å². The lowest BCUT2D eigenvalue weighted by Gasteiger charge is -2.60. The summed E-state index contributed by atoms with van der Waals surface area (Å²) >= 11 is 0. The Labute approximate surface area is 309 Å². The summed E-state index contributed by atoms with van der Waals surface area (Å²) < 4.78 is 20.3. The molecule has 0 aromatic carbocycles. The van der Waals surface area contributed by atoms with Crippen molar-refractivity contribution in [1.82, 2.24) is 5.32 Å². The largest absolute Gasteiger partial charge is 0.456 e. The summed E-state index contributed by atoms with van der Waals surface area (Å²) in [5.74, 6) is -1.44. The number of hydrogen-bond acceptors (Lipinski definition) is 12. The Morgan fingerprint density at radius 3 is 2.58 bits per heavy atom. The minimum absolute atomic E-state index is 0.0167. The van der Waals surface area contributed by atoms with Gasteiger partial charge in [0, 0.05) is 30.6 Å². The number of nitrogens with two attached hydrogens (primary N) is 3. The molecule has 2 saturated carbocycles. The number of esters is 1. The van der Waals surface area contributed by atoms with Crippen LogP contribution in [0.5, 0.6) is 0 Å². The minimum atomic E-state index is -1.09. The first-order chi connectivity index (χ1) is 24.9. The molecule has 11 N–H and O–H groups in total. The van der Waals surface area contributed by atoms with Crippen LogP contribution in [0.2, 0.25) is 0 Å².